The quantitative estimate of drug-likeness (QED) is 0.114. The Morgan fingerprint density at radius 2 is 0.822 bits per heavy atom. The van der Waals surface area contributed by atoms with Gasteiger partial charge >= 0.3 is 0 Å². The van der Waals surface area contributed by atoms with Gasteiger partial charge in [-0.15, -0.1) is 11.3 Å². The Hall–Kier alpha value is -9.16. The lowest BCUT2D eigenvalue weighted by Crippen LogP contribution is -2.10. The molecule has 0 atom stereocenters. The maximum atomic E-state index is 5.00. The van der Waals surface area contributed by atoms with Gasteiger partial charge in [-0.2, -0.15) is 0 Å². The number of nitrogens with zero attached hydrogens (tertiary/aromatic N) is 4. The Kier molecular flexibility index (Phi) is 12.3. The lowest BCUT2D eigenvalue weighted by Gasteiger charge is -2.27. The monoisotopic (exact) mass is 954 g/mol. The van der Waals surface area contributed by atoms with Crippen LogP contribution in [0.5, 0.6) is 0 Å². The number of benzene rings is 11. The third kappa shape index (κ3) is 9.46. The molecule has 1 aromatic heterocycles. The molecule has 4 nitrogen and oxygen atoms in total. The van der Waals surface area contributed by atoms with Gasteiger partial charge in [0.15, 0.2) is 0 Å². The topological polar surface area (TPSA) is 31.7 Å². The summed E-state index contributed by atoms with van der Waals surface area (Å²) in [5.41, 5.74) is 19.8. The Morgan fingerprint density at radius 3 is 1.42 bits per heavy atom. The summed E-state index contributed by atoms with van der Waals surface area (Å²) in [6.45, 7) is 4.19. The fourth-order valence-electron chi connectivity index (χ4n) is 9.72. The zero-order valence-electron chi connectivity index (χ0n) is 40.6. The predicted molar refractivity (Wildman–Crippen MR) is 311 cm³/mol. The van der Waals surface area contributed by atoms with Gasteiger partial charge in [-0.05, 0) is 178 Å². The van der Waals surface area contributed by atoms with Crippen LogP contribution in [0, 0.1) is 6.92 Å². The molecule has 0 fully saturated rings. The molecule has 0 spiro atoms. The Labute approximate surface area is 431 Å². The van der Waals surface area contributed by atoms with Crippen molar-refractivity contribution in [3.8, 4) is 44.0 Å². The van der Waals surface area contributed by atoms with Crippen molar-refractivity contribution in [2.75, 3.05) is 9.80 Å². The van der Waals surface area contributed by atoms with E-state index in [0.717, 1.165) is 94.8 Å². The second-order valence-electron chi connectivity index (χ2n) is 18.4. The van der Waals surface area contributed by atoms with Crippen molar-refractivity contribution in [1.82, 2.24) is 4.98 Å². The third-order valence-corrected chi connectivity index (χ3v) is 14.6. The summed E-state index contributed by atoms with van der Waals surface area (Å²) in [6.07, 6.45) is 0. The van der Waals surface area contributed by atoms with Crippen LogP contribution in [0.4, 0.5) is 39.8 Å². The zero-order chi connectivity index (χ0) is 49.1. The van der Waals surface area contributed by atoms with Crippen molar-refractivity contribution in [2.45, 2.75) is 13.8 Å². The summed E-state index contributed by atoms with van der Waals surface area (Å²) in [6, 6.07) is 95.6. The maximum absolute atomic E-state index is 5.00. The smallest absolute Gasteiger partial charge is 0.124 e. The Morgan fingerprint density at radius 1 is 0.370 bits per heavy atom. The van der Waals surface area contributed by atoms with E-state index in [1.807, 2.05) is 12.1 Å². The van der Waals surface area contributed by atoms with Crippen LogP contribution >= 0.6 is 11.3 Å². The van der Waals surface area contributed by atoms with Crippen LogP contribution in [0.1, 0.15) is 18.1 Å². The van der Waals surface area contributed by atoms with Crippen LogP contribution in [-0.2, 0) is 0 Å². The van der Waals surface area contributed by atoms with E-state index < -0.39 is 0 Å². The Bertz CT molecular complexity index is 3900. The summed E-state index contributed by atoms with van der Waals surface area (Å²) in [5.74, 6) is 0. The van der Waals surface area contributed by atoms with Crippen molar-refractivity contribution in [3.63, 3.8) is 0 Å². The molecule has 0 saturated carbocycles. The molecule has 348 valence electrons. The highest BCUT2D eigenvalue weighted by Gasteiger charge is 2.18. The van der Waals surface area contributed by atoms with Crippen LogP contribution < -0.4 is 9.80 Å². The summed E-state index contributed by atoms with van der Waals surface area (Å²) in [7, 11) is 0. The van der Waals surface area contributed by atoms with Gasteiger partial charge in [-0.3, -0.25) is 4.99 Å². The number of thiazole rings is 1. The molecule has 0 radical (unpaired) electrons. The maximum Gasteiger partial charge on any atom is 0.124 e. The molecule has 0 aliphatic carbocycles. The van der Waals surface area contributed by atoms with E-state index in [-0.39, 0.29) is 0 Å². The minimum atomic E-state index is 0.976. The first-order valence-electron chi connectivity index (χ1n) is 24.7. The summed E-state index contributed by atoms with van der Waals surface area (Å²) in [5, 5.41) is 3.35. The normalized spacial score (nSPS) is 11.5. The molecular weight excluding hydrogens is 905 g/mol. The number of hydrogen-bond acceptors (Lipinski definition) is 5. The molecule has 0 N–H and O–H groups in total. The van der Waals surface area contributed by atoms with Crippen LogP contribution in [0.15, 0.2) is 272 Å². The van der Waals surface area contributed by atoms with Crippen molar-refractivity contribution in [3.05, 3.63) is 278 Å². The summed E-state index contributed by atoms with van der Waals surface area (Å²) < 4.78 is 1.19. The molecule has 0 saturated heterocycles. The fraction of sp³-hybridized carbons (Fsp3) is 0.0294. The lowest BCUT2D eigenvalue weighted by atomic mass is 9.99. The van der Waals surface area contributed by atoms with Crippen LogP contribution in [0.3, 0.4) is 0 Å². The summed E-state index contributed by atoms with van der Waals surface area (Å²) >= 11 is 1.73. The van der Waals surface area contributed by atoms with Crippen LogP contribution in [0.25, 0.3) is 64.9 Å². The van der Waals surface area contributed by atoms with Gasteiger partial charge in [0.05, 0.1) is 15.9 Å². The predicted octanol–water partition coefficient (Wildman–Crippen LogP) is 19.5. The van der Waals surface area contributed by atoms with Gasteiger partial charge in [-0.25, -0.2) is 4.98 Å². The average Bonchev–Trinajstić information content (AvgIpc) is 3.90. The summed E-state index contributed by atoms with van der Waals surface area (Å²) in [4.78, 5) is 14.7. The van der Waals surface area contributed by atoms with Crippen LogP contribution in [-0.4, -0.2) is 10.7 Å². The second-order valence-corrected chi connectivity index (χ2v) is 19.4. The molecule has 73 heavy (non-hydrogen) atoms. The second kappa shape index (κ2) is 19.9. The number of aryl methyl sites for hydroxylation is 1. The molecule has 11 aromatic carbocycles. The van der Waals surface area contributed by atoms with Crippen LogP contribution in [0.2, 0.25) is 0 Å². The molecule has 0 amide bonds. The standard InChI is InChI=1S/C68H50N4S/c1-47-16-9-10-27-65(47)69-48(2)49-32-37-59(38-33-49)71(61-24-13-21-53(43-61)50-17-5-3-6-18-50)63-26-15-23-55(45-63)56-30-31-58-46-64(41-36-57(58)42-56)72(62-25-14-22-54(44-62)51-19-7-4-8-20-51)60-39-34-52(35-40-60)68-70-66-28-11-12-29-67(66)73-68/h3-46H,1-2H3. The largest absolute Gasteiger partial charge is 0.310 e. The van der Waals surface area contributed by atoms with Gasteiger partial charge in [0.2, 0.25) is 0 Å². The van der Waals surface area contributed by atoms with Gasteiger partial charge in [0.1, 0.15) is 5.01 Å². The molecule has 1 heterocycles. The number of anilines is 6. The van der Waals surface area contributed by atoms with Crippen molar-refractivity contribution in [2.24, 2.45) is 4.99 Å². The van der Waals surface area contributed by atoms with E-state index in [1.54, 1.807) is 11.3 Å². The first-order chi connectivity index (χ1) is 36.0. The van der Waals surface area contributed by atoms with E-state index in [1.165, 1.54) is 26.8 Å². The number of rotatable bonds is 12. The first-order valence-corrected chi connectivity index (χ1v) is 25.5. The number of aromatic nitrogens is 1. The van der Waals surface area contributed by atoms with Gasteiger partial charge < -0.3 is 9.80 Å². The van der Waals surface area contributed by atoms with Crippen molar-refractivity contribution >= 4 is 77.8 Å². The molecular formula is C68H50N4S. The van der Waals surface area contributed by atoms with E-state index in [9.17, 15) is 0 Å². The molecule has 5 heteroatoms. The van der Waals surface area contributed by atoms with Gasteiger partial charge in [-0.1, -0.05) is 158 Å². The highest BCUT2D eigenvalue weighted by molar-refractivity contribution is 7.21. The third-order valence-electron chi connectivity index (χ3n) is 13.6. The van der Waals surface area contributed by atoms with E-state index >= 15 is 0 Å². The minimum absolute atomic E-state index is 0.976. The fourth-order valence-corrected chi connectivity index (χ4v) is 10.7. The number of fused-ring (bicyclic) bond motifs is 2. The SMILES string of the molecule is CC(=Nc1ccccc1C)c1ccc(N(c2cccc(-c3ccccc3)c2)c2cccc(-c3ccc4cc(N(c5ccc(-c6nc7ccccc7s6)cc5)c5cccc(-c6ccccc6)c5)ccc4c3)c2)cc1. The Balaban J connectivity index is 0.897. The highest BCUT2D eigenvalue weighted by Crippen LogP contribution is 2.42. The lowest BCUT2D eigenvalue weighted by molar-refractivity contribution is 1.28. The molecule has 12 aromatic rings. The molecule has 0 bridgehead atoms. The van der Waals surface area contributed by atoms with Gasteiger partial charge in [0.25, 0.3) is 0 Å². The zero-order valence-corrected chi connectivity index (χ0v) is 41.4. The number of para-hydroxylation sites is 2. The van der Waals surface area contributed by atoms with Gasteiger partial charge in [0, 0.05) is 45.4 Å². The molecule has 0 aliphatic heterocycles. The van der Waals surface area contributed by atoms with Crippen molar-refractivity contribution < 1.29 is 0 Å². The van der Waals surface area contributed by atoms with E-state index in [2.05, 4.69) is 278 Å². The average molecular weight is 955 g/mol. The minimum Gasteiger partial charge on any atom is -0.310 e. The van der Waals surface area contributed by atoms with Crippen molar-refractivity contribution in [1.29, 1.82) is 0 Å². The first kappa shape index (κ1) is 45.0. The van der Waals surface area contributed by atoms with E-state index in [0.29, 0.717) is 0 Å². The molecule has 12 rings (SSSR count). The highest BCUT2D eigenvalue weighted by atomic mass is 32.1. The molecule has 0 aliphatic rings. The van der Waals surface area contributed by atoms with E-state index in [4.69, 9.17) is 9.98 Å². The molecule has 0 unspecified atom stereocenters. The number of aliphatic imine (C=N–C) groups is 1. The number of hydrogen-bond donors (Lipinski definition) is 0.